The van der Waals surface area contributed by atoms with Gasteiger partial charge in [0, 0.05) is 6.07 Å². The lowest BCUT2D eigenvalue weighted by atomic mass is 10.3. The van der Waals surface area contributed by atoms with Gasteiger partial charge in [-0.1, -0.05) is 28.4 Å². The normalized spacial score (nSPS) is 11.2. The van der Waals surface area contributed by atoms with Crippen molar-refractivity contribution in [1.82, 2.24) is 15.5 Å². The van der Waals surface area contributed by atoms with Gasteiger partial charge in [0.05, 0.1) is 27.5 Å². The van der Waals surface area contributed by atoms with Crippen LogP contribution < -0.4 is 5.32 Å². The minimum atomic E-state index is -0.241. The molecule has 5 nitrogen and oxygen atoms in total. The van der Waals surface area contributed by atoms with Crippen LogP contribution in [0.2, 0.25) is 9.36 Å². The van der Waals surface area contributed by atoms with Crippen molar-refractivity contribution in [3.05, 3.63) is 38.6 Å². The molecule has 3 aromatic heterocycles. The summed E-state index contributed by atoms with van der Waals surface area (Å²) in [6, 6.07) is 3.49. The lowest BCUT2D eigenvalue weighted by Crippen LogP contribution is -2.22. The number of aromatic nitrogens is 2. The fraction of sp³-hybridized carbons (Fsp3) is 0.167. The molecule has 0 radical (unpaired) electrons. The number of rotatable bonds is 3. The summed E-state index contributed by atoms with van der Waals surface area (Å²) in [5, 5.41) is 6.93. The summed E-state index contributed by atoms with van der Waals surface area (Å²) in [5.41, 5.74) is 1.89. The van der Waals surface area contributed by atoms with E-state index in [1.807, 2.05) is 6.92 Å². The molecule has 20 heavy (non-hydrogen) atoms. The maximum Gasteiger partial charge on any atom is 0.268 e. The number of nitrogens with zero attached hydrogens (tertiary/aromatic N) is 1. The molecular weight excluding hydrogens is 321 g/mol. The Morgan fingerprint density at radius 3 is 2.95 bits per heavy atom. The molecule has 0 fully saturated rings. The van der Waals surface area contributed by atoms with Gasteiger partial charge in [0.15, 0.2) is 5.76 Å². The van der Waals surface area contributed by atoms with E-state index in [0.717, 1.165) is 10.4 Å². The Bertz CT molecular complexity index is 790. The van der Waals surface area contributed by atoms with Gasteiger partial charge in [0.2, 0.25) is 0 Å². The van der Waals surface area contributed by atoms with E-state index in [-0.39, 0.29) is 12.5 Å². The molecule has 8 heteroatoms. The fourth-order valence-corrected chi connectivity index (χ4v) is 3.28. The van der Waals surface area contributed by atoms with Gasteiger partial charge in [0.1, 0.15) is 10.0 Å². The predicted molar refractivity (Wildman–Crippen MR) is 78.6 cm³/mol. The molecule has 3 rings (SSSR count). The average molecular weight is 330 g/mol. The number of fused-ring (bicyclic) bond motifs is 1. The Labute approximate surface area is 127 Å². The molecule has 0 atom stereocenters. The highest BCUT2D eigenvalue weighted by atomic mass is 35.5. The van der Waals surface area contributed by atoms with E-state index in [2.05, 4.69) is 15.5 Å². The molecular formula is C12H9Cl2N3O2S. The van der Waals surface area contributed by atoms with Crippen molar-refractivity contribution in [1.29, 1.82) is 0 Å². The Balaban J connectivity index is 1.75. The van der Waals surface area contributed by atoms with Crippen LogP contribution in [0.1, 0.15) is 21.9 Å². The van der Waals surface area contributed by atoms with Crippen LogP contribution in [0, 0.1) is 6.92 Å². The van der Waals surface area contributed by atoms with Gasteiger partial charge < -0.3 is 14.8 Å². The summed E-state index contributed by atoms with van der Waals surface area (Å²) >= 11 is 13.3. The van der Waals surface area contributed by atoms with E-state index in [9.17, 15) is 4.79 Å². The molecule has 0 saturated carbocycles. The van der Waals surface area contributed by atoms with Crippen molar-refractivity contribution < 1.29 is 9.32 Å². The van der Waals surface area contributed by atoms with Gasteiger partial charge in [-0.05, 0) is 13.0 Å². The van der Waals surface area contributed by atoms with Gasteiger partial charge in [0.25, 0.3) is 5.91 Å². The number of carbonyl (C=O) groups excluding carboxylic acids is 1. The highest BCUT2D eigenvalue weighted by molar-refractivity contribution is 7.23. The Morgan fingerprint density at radius 1 is 1.50 bits per heavy atom. The highest BCUT2D eigenvalue weighted by Gasteiger charge is 2.15. The molecule has 3 aromatic rings. The molecule has 0 aliphatic heterocycles. The number of nitrogens with one attached hydrogen (secondary N) is 2. The molecule has 3 heterocycles. The number of amides is 1. The SMILES string of the molecule is Cc1cc(CNC(=O)c2cc3sc(Cl)c(Cl)c3[nH]2)on1. The van der Waals surface area contributed by atoms with Crippen LogP contribution in [-0.2, 0) is 6.54 Å². The first kappa shape index (κ1) is 13.5. The number of aromatic amines is 1. The number of carbonyl (C=O) groups is 1. The second-order valence-corrected chi connectivity index (χ2v) is 6.26. The summed E-state index contributed by atoms with van der Waals surface area (Å²) < 4.78 is 6.38. The number of hydrogen-bond donors (Lipinski definition) is 2. The lowest BCUT2D eigenvalue weighted by molar-refractivity contribution is 0.0943. The third-order valence-corrected chi connectivity index (χ3v) is 4.65. The van der Waals surface area contributed by atoms with E-state index in [1.165, 1.54) is 11.3 Å². The minimum absolute atomic E-state index is 0.241. The molecule has 0 bridgehead atoms. The monoisotopic (exact) mass is 329 g/mol. The maximum absolute atomic E-state index is 12.0. The van der Waals surface area contributed by atoms with Crippen LogP contribution in [0.4, 0.5) is 0 Å². The van der Waals surface area contributed by atoms with Crippen molar-refractivity contribution in [3.63, 3.8) is 0 Å². The van der Waals surface area contributed by atoms with Crippen LogP contribution in [-0.4, -0.2) is 16.0 Å². The van der Waals surface area contributed by atoms with Gasteiger partial charge >= 0.3 is 0 Å². The molecule has 0 saturated heterocycles. The first-order valence-corrected chi connectivity index (χ1v) is 7.28. The van der Waals surface area contributed by atoms with Gasteiger partial charge in [-0.25, -0.2) is 0 Å². The standard InChI is InChI=1S/C12H9Cl2N3O2S/c1-5-2-6(19-17-5)4-15-12(18)7-3-8-10(16-7)9(13)11(14)20-8/h2-3,16H,4H2,1H3,(H,15,18). The molecule has 0 aliphatic carbocycles. The van der Waals surface area contributed by atoms with Crippen LogP contribution in [0.5, 0.6) is 0 Å². The zero-order valence-electron chi connectivity index (χ0n) is 10.3. The van der Waals surface area contributed by atoms with Crippen molar-refractivity contribution in [2.75, 3.05) is 0 Å². The number of H-pyrrole nitrogens is 1. The predicted octanol–water partition coefficient (Wildman–Crippen LogP) is 3.76. The zero-order valence-corrected chi connectivity index (χ0v) is 12.6. The van der Waals surface area contributed by atoms with Crippen LogP contribution >= 0.6 is 34.5 Å². The third-order valence-electron chi connectivity index (χ3n) is 2.72. The van der Waals surface area contributed by atoms with Crippen molar-refractivity contribution in [2.24, 2.45) is 0 Å². The molecule has 104 valence electrons. The number of thiophene rings is 1. The largest absolute Gasteiger partial charge is 0.359 e. The van der Waals surface area contributed by atoms with E-state index < -0.39 is 0 Å². The number of hydrogen-bond acceptors (Lipinski definition) is 4. The van der Waals surface area contributed by atoms with Crippen LogP contribution in [0.25, 0.3) is 10.2 Å². The summed E-state index contributed by atoms with van der Waals surface area (Å²) in [7, 11) is 0. The minimum Gasteiger partial charge on any atom is -0.359 e. The van der Waals surface area contributed by atoms with Crippen molar-refractivity contribution in [2.45, 2.75) is 13.5 Å². The summed E-state index contributed by atoms with van der Waals surface area (Å²) in [6.45, 7) is 2.10. The lowest BCUT2D eigenvalue weighted by Gasteiger charge is -1.99. The highest BCUT2D eigenvalue weighted by Crippen LogP contribution is 2.38. The summed E-state index contributed by atoms with van der Waals surface area (Å²) in [4.78, 5) is 15.0. The molecule has 0 aliphatic rings. The molecule has 2 N–H and O–H groups in total. The topological polar surface area (TPSA) is 70.9 Å². The summed E-state index contributed by atoms with van der Waals surface area (Å²) in [5.74, 6) is 0.361. The smallest absolute Gasteiger partial charge is 0.268 e. The number of aryl methyl sites for hydroxylation is 1. The van der Waals surface area contributed by atoms with Gasteiger partial charge in [-0.15, -0.1) is 11.3 Å². The maximum atomic E-state index is 12.0. The van der Waals surface area contributed by atoms with E-state index in [4.69, 9.17) is 27.7 Å². The quantitative estimate of drug-likeness (QED) is 0.768. The Morgan fingerprint density at radius 2 is 2.30 bits per heavy atom. The van der Waals surface area contributed by atoms with Gasteiger partial charge in [-0.3, -0.25) is 4.79 Å². The fourth-order valence-electron chi connectivity index (χ4n) is 1.80. The average Bonchev–Trinajstić information content (AvgIpc) is 3.06. The third kappa shape index (κ3) is 2.42. The Hall–Kier alpha value is -1.50. The molecule has 0 spiro atoms. The second kappa shape index (κ2) is 5.12. The van der Waals surface area contributed by atoms with Crippen molar-refractivity contribution in [3.8, 4) is 0 Å². The molecule has 1 amide bonds. The van der Waals surface area contributed by atoms with E-state index in [1.54, 1.807) is 12.1 Å². The summed E-state index contributed by atoms with van der Waals surface area (Å²) in [6.07, 6.45) is 0. The Kier molecular flexibility index (Phi) is 3.45. The second-order valence-electron chi connectivity index (χ2n) is 4.23. The molecule has 0 unspecified atom stereocenters. The van der Waals surface area contributed by atoms with Crippen molar-refractivity contribution >= 4 is 50.7 Å². The first-order valence-electron chi connectivity index (χ1n) is 5.71. The van der Waals surface area contributed by atoms with Crippen LogP contribution in [0.3, 0.4) is 0 Å². The van der Waals surface area contributed by atoms with E-state index >= 15 is 0 Å². The van der Waals surface area contributed by atoms with Gasteiger partial charge in [-0.2, -0.15) is 0 Å². The number of halogens is 2. The molecule has 0 aromatic carbocycles. The zero-order chi connectivity index (χ0) is 14.3. The van der Waals surface area contributed by atoms with E-state index in [0.29, 0.717) is 26.3 Å². The first-order chi connectivity index (χ1) is 9.54. The van der Waals surface area contributed by atoms with Crippen LogP contribution in [0.15, 0.2) is 16.7 Å².